The van der Waals surface area contributed by atoms with Gasteiger partial charge in [0, 0.05) is 18.2 Å². The fourth-order valence-electron chi connectivity index (χ4n) is 2.56. The van der Waals surface area contributed by atoms with Crippen molar-refractivity contribution in [1.82, 2.24) is 25.6 Å². The lowest BCUT2D eigenvalue weighted by atomic mass is 10.1. The van der Waals surface area contributed by atoms with Crippen LogP contribution in [0.1, 0.15) is 34.9 Å². The highest BCUT2D eigenvalue weighted by Gasteiger charge is 2.18. The Labute approximate surface area is 131 Å². The maximum absolute atomic E-state index is 13.5. The van der Waals surface area contributed by atoms with Gasteiger partial charge in [-0.25, -0.2) is 13.5 Å². The van der Waals surface area contributed by atoms with Crippen LogP contribution in [0.3, 0.4) is 0 Å². The van der Waals surface area contributed by atoms with Crippen molar-refractivity contribution in [3.05, 3.63) is 47.3 Å². The van der Waals surface area contributed by atoms with Gasteiger partial charge in [-0.2, -0.15) is 0 Å². The molecule has 1 saturated heterocycles. The number of benzene rings is 1. The first-order valence-electron chi connectivity index (χ1n) is 7.48. The number of aromatic nitrogens is 3. The second-order valence-electron chi connectivity index (χ2n) is 5.48. The van der Waals surface area contributed by atoms with Gasteiger partial charge in [-0.3, -0.25) is 4.79 Å². The monoisotopic (exact) mass is 321 g/mol. The molecule has 1 fully saturated rings. The van der Waals surface area contributed by atoms with E-state index in [1.807, 2.05) is 0 Å². The number of carbonyl (C=O) groups excluding carboxylic acids is 1. The molecule has 0 atom stereocenters. The van der Waals surface area contributed by atoms with Crippen molar-refractivity contribution in [2.75, 3.05) is 13.1 Å². The summed E-state index contributed by atoms with van der Waals surface area (Å²) >= 11 is 0. The van der Waals surface area contributed by atoms with Gasteiger partial charge in [-0.05, 0) is 32.0 Å². The number of carbonyl (C=O) groups is 1. The minimum absolute atomic E-state index is 0.0366. The fraction of sp³-hybridized carbons (Fsp3) is 0.400. The summed E-state index contributed by atoms with van der Waals surface area (Å²) in [4.78, 5) is 12.1. The second-order valence-corrected chi connectivity index (χ2v) is 5.48. The SMILES string of the molecule is O=C(NCc1ccc(F)cc1F)c1cn(C2CCNCC2)nn1. The molecule has 0 spiro atoms. The number of nitrogens with one attached hydrogen (secondary N) is 2. The van der Waals surface area contributed by atoms with Crippen LogP contribution in [-0.4, -0.2) is 34.0 Å². The Hall–Kier alpha value is -2.35. The molecule has 2 aromatic rings. The lowest BCUT2D eigenvalue weighted by Crippen LogP contribution is -2.29. The molecule has 23 heavy (non-hydrogen) atoms. The van der Waals surface area contributed by atoms with Gasteiger partial charge in [-0.15, -0.1) is 5.10 Å². The van der Waals surface area contributed by atoms with E-state index in [-0.39, 0.29) is 23.8 Å². The lowest BCUT2D eigenvalue weighted by Gasteiger charge is -2.22. The zero-order valence-electron chi connectivity index (χ0n) is 12.4. The van der Waals surface area contributed by atoms with E-state index >= 15 is 0 Å². The topological polar surface area (TPSA) is 71.8 Å². The van der Waals surface area contributed by atoms with Crippen LogP contribution in [0.4, 0.5) is 8.78 Å². The van der Waals surface area contributed by atoms with Crippen LogP contribution in [0.2, 0.25) is 0 Å². The first-order chi connectivity index (χ1) is 11.1. The zero-order chi connectivity index (χ0) is 16.2. The Morgan fingerprint density at radius 3 is 2.87 bits per heavy atom. The molecular weight excluding hydrogens is 304 g/mol. The maximum Gasteiger partial charge on any atom is 0.273 e. The predicted octanol–water partition coefficient (Wildman–Crippen LogP) is 1.41. The highest BCUT2D eigenvalue weighted by molar-refractivity contribution is 5.91. The van der Waals surface area contributed by atoms with Gasteiger partial charge in [0.25, 0.3) is 5.91 Å². The average Bonchev–Trinajstić information content (AvgIpc) is 3.05. The normalized spacial score (nSPS) is 15.6. The molecule has 1 aliphatic heterocycles. The molecule has 3 rings (SSSR count). The van der Waals surface area contributed by atoms with Gasteiger partial charge in [0.1, 0.15) is 11.6 Å². The quantitative estimate of drug-likeness (QED) is 0.893. The summed E-state index contributed by atoms with van der Waals surface area (Å²) < 4.78 is 28.1. The van der Waals surface area contributed by atoms with Crippen molar-refractivity contribution in [3.63, 3.8) is 0 Å². The minimum atomic E-state index is -0.691. The van der Waals surface area contributed by atoms with E-state index in [0.717, 1.165) is 38.1 Å². The summed E-state index contributed by atoms with van der Waals surface area (Å²) in [5, 5.41) is 13.7. The van der Waals surface area contributed by atoms with Crippen molar-refractivity contribution < 1.29 is 13.6 Å². The third-order valence-electron chi connectivity index (χ3n) is 3.88. The predicted molar refractivity (Wildman–Crippen MR) is 78.7 cm³/mol. The Morgan fingerprint density at radius 1 is 1.35 bits per heavy atom. The smallest absolute Gasteiger partial charge is 0.273 e. The highest BCUT2D eigenvalue weighted by atomic mass is 19.1. The number of piperidine rings is 1. The third kappa shape index (κ3) is 3.70. The summed E-state index contributed by atoms with van der Waals surface area (Å²) in [6.07, 6.45) is 3.47. The van der Waals surface area contributed by atoms with Crippen molar-refractivity contribution in [2.45, 2.75) is 25.4 Å². The summed E-state index contributed by atoms with van der Waals surface area (Å²) in [5.41, 5.74) is 0.400. The first-order valence-corrected chi connectivity index (χ1v) is 7.48. The van der Waals surface area contributed by atoms with E-state index in [1.54, 1.807) is 10.9 Å². The van der Waals surface area contributed by atoms with Crippen molar-refractivity contribution in [2.24, 2.45) is 0 Å². The minimum Gasteiger partial charge on any atom is -0.346 e. The Balaban J connectivity index is 1.61. The van der Waals surface area contributed by atoms with E-state index in [2.05, 4.69) is 20.9 Å². The van der Waals surface area contributed by atoms with Crippen LogP contribution in [0.25, 0.3) is 0 Å². The molecule has 0 unspecified atom stereocenters. The lowest BCUT2D eigenvalue weighted by molar-refractivity contribution is 0.0945. The standard InChI is InChI=1S/C15H17F2N5O/c16-11-2-1-10(13(17)7-11)8-19-15(23)14-9-22(21-20-14)12-3-5-18-6-4-12/h1-2,7,9,12,18H,3-6,8H2,(H,19,23). The second kappa shape index (κ2) is 6.82. The highest BCUT2D eigenvalue weighted by Crippen LogP contribution is 2.17. The van der Waals surface area contributed by atoms with Crippen LogP contribution < -0.4 is 10.6 Å². The average molecular weight is 321 g/mol. The van der Waals surface area contributed by atoms with E-state index in [4.69, 9.17) is 0 Å². The first kappa shape index (κ1) is 15.5. The molecule has 8 heteroatoms. The number of amides is 1. The van der Waals surface area contributed by atoms with Crippen molar-refractivity contribution in [1.29, 1.82) is 0 Å². The van der Waals surface area contributed by atoms with Crippen LogP contribution in [-0.2, 0) is 6.54 Å². The molecule has 2 N–H and O–H groups in total. The molecule has 122 valence electrons. The number of hydrogen-bond donors (Lipinski definition) is 2. The molecule has 0 bridgehead atoms. The molecule has 1 amide bonds. The van der Waals surface area contributed by atoms with Gasteiger partial charge < -0.3 is 10.6 Å². The Bertz CT molecular complexity index is 697. The van der Waals surface area contributed by atoms with Crippen LogP contribution in [0.5, 0.6) is 0 Å². The van der Waals surface area contributed by atoms with Crippen LogP contribution in [0, 0.1) is 11.6 Å². The molecule has 0 radical (unpaired) electrons. The van der Waals surface area contributed by atoms with Gasteiger partial charge in [-0.1, -0.05) is 11.3 Å². The van der Waals surface area contributed by atoms with Gasteiger partial charge in [0.2, 0.25) is 0 Å². The summed E-state index contributed by atoms with van der Waals surface area (Å²) in [6, 6.07) is 3.48. The summed E-state index contributed by atoms with van der Waals surface area (Å²) in [7, 11) is 0. The molecule has 1 aromatic carbocycles. The Kier molecular flexibility index (Phi) is 4.61. The van der Waals surface area contributed by atoms with E-state index in [9.17, 15) is 13.6 Å². The molecule has 1 aliphatic rings. The largest absolute Gasteiger partial charge is 0.346 e. The third-order valence-corrected chi connectivity index (χ3v) is 3.88. The van der Waals surface area contributed by atoms with Gasteiger partial charge >= 0.3 is 0 Å². The van der Waals surface area contributed by atoms with Crippen LogP contribution in [0.15, 0.2) is 24.4 Å². The molecular formula is C15H17F2N5O. The van der Waals surface area contributed by atoms with E-state index in [0.29, 0.717) is 0 Å². The fourth-order valence-corrected chi connectivity index (χ4v) is 2.56. The molecule has 2 heterocycles. The summed E-state index contributed by atoms with van der Waals surface area (Å²) in [6.45, 7) is 1.79. The Morgan fingerprint density at radius 2 is 2.13 bits per heavy atom. The molecule has 1 aromatic heterocycles. The van der Waals surface area contributed by atoms with Gasteiger partial charge in [0.15, 0.2) is 5.69 Å². The maximum atomic E-state index is 13.5. The zero-order valence-corrected chi connectivity index (χ0v) is 12.4. The molecule has 0 saturated carbocycles. The number of hydrogen-bond acceptors (Lipinski definition) is 4. The van der Waals surface area contributed by atoms with E-state index in [1.165, 1.54) is 6.07 Å². The van der Waals surface area contributed by atoms with E-state index < -0.39 is 17.5 Å². The van der Waals surface area contributed by atoms with Crippen LogP contribution >= 0.6 is 0 Å². The molecule has 0 aliphatic carbocycles. The number of rotatable bonds is 4. The van der Waals surface area contributed by atoms with Gasteiger partial charge in [0.05, 0.1) is 12.2 Å². The number of halogens is 2. The molecule has 6 nitrogen and oxygen atoms in total. The summed E-state index contributed by atoms with van der Waals surface area (Å²) in [5.74, 6) is -1.78. The van der Waals surface area contributed by atoms with Crippen molar-refractivity contribution >= 4 is 5.91 Å². The van der Waals surface area contributed by atoms with Crippen molar-refractivity contribution in [3.8, 4) is 0 Å². The number of nitrogens with zero attached hydrogens (tertiary/aromatic N) is 3.